The highest BCUT2D eigenvalue weighted by atomic mass is 31.2. The molecule has 0 radical (unpaired) electrons. The first kappa shape index (κ1) is 11.7. The van der Waals surface area contributed by atoms with Gasteiger partial charge in [-0.15, -0.1) is 0 Å². The zero-order valence-electron chi connectivity index (χ0n) is 7.96. The predicted octanol–water partition coefficient (Wildman–Crippen LogP) is 1.32. The van der Waals surface area contributed by atoms with Crippen LogP contribution in [0, 0.1) is 11.3 Å². The van der Waals surface area contributed by atoms with E-state index in [0.29, 0.717) is 5.75 Å². The molecule has 1 unspecified atom stereocenters. The Labute approximate surface area is 87.8 Å². The molecule has 15 heavy (non-hydrogen) atoms. The Morgan fingerprint density at radius 2 is 2.13 bits per heavy atom. The van der Waals surface area contributed by atoms with Gasteiger partial charge in [-0.1, -0.05) is 18.2 Å². The molecule has 1 rings (SSSR count). The van der Waals surface area contributed by atoms with Gasteiger partial charge in [-0.3, -0.25) is 5.32 Å². The monoisotopic (exact) mass is 226 g/mol. The normalized spacial score (nSPS) is 13.9. The molecule has 1 aromatic carbocycles. The molecule has 1 atom stereocenters. The van der Waals surface area contributed by atoms with E-state index in [1.807, 2.05) is 0 Å². The van der Waals surface area contributed by atoms with Crippen molar-refractivity contribution in [1.82, 2.24) is 5.32 Å². The van der Waals surface area contributed by atoms with Crippen LogP contribution in [0.2, 0.25) is 0 Å². The van der Waals surface area contributed by atoms with Crippen molar-refractivity contribution in [2.24, 2.45) is 0 Å². The Bertz CT molecular complexity index is 388. The lowest BCUT2D eigenvalue weighted by Crippen LogP contribution is -2.17. The van der Waals surface area contributed by atoms with Crippen LogP contribution in [-0.4, -0.2) is 17.7 Å². The molecule has 0 aliphatic heterocycles. The van der Waals surface area contributed by atoms with E-state index in [0.717, 1.165) is 0 Å². The summed E-state index contributed by atoms with van der Waals surface area (Å²) in [5, 5.41) is 10.7. The SMILES string of the molecule is N#CCNCP(=O)(O)Oc1ccccc1. The molecular weight excluding hydrogens is 215 g/mol. The zero-order chi connectivity index (χ0) is 11.1. The topological polar surface area (TPSA) is 82.4 Å². The van der Waals surface area contributed by atoms with Gasteiger partial charge in [0.25, 0.3) is 0 Å². The number of rotatable bonds is 5. The maximum atomic E-state index is 11.4. The van der Waals surface area contributed by atoms with Gasteiger partial charge in [0, 0.05) is 0 Å². The number of nitriles is 1. The molecule has 0 fully saturated rings. The fraction of sp³-hybridized carbons (Fsp3) is 0.222. The number of para-hydroxylation sites is 1. The van der Waals surface area contributed by atoms with Gasteiger partial charge in [0.1, 0.15) is 12.0 Å². The molecule has 0 saturated heterocycles. The Morgan fingerprint density at radius 1 is 1.47 bits per heavy atom. The van der Waals surface area contributed by atoms with Gasteiger partial charge in [-0.05, 0) is 12.1 Å². The number of hydrogen-bond donors (Lipinski definition) is 2. The molecule has 1 aromatic rings. The Kier molecular flexibility index (Phi) is 4.32. The summed E-state index contributed by atoms with van der Waals surface area (Å²) < 4.78 is 16.3. The Balaban J connectivity index is 2.50. The van der Waals surface area contributed by atoms with Crippen LogP contribution >= 0.6 is 7.60 Å². The first-order valence-corrected chi connectivity index (χ1v) is 6.04. The maximum Gasteiger partial charge on any atom is 0.390 e. The van der Waals surface area contributed by atoms with Crippen LogP contribution in [0.5, 0.6) is 5.75 Å². The Hall–Kier alpha value is -1.34. The molecule has 0 amide bonds. The average Bonchev–Trinajstić information content (AvgIpc) is 2.18. The van der Waals surface area contributed by atoms with Crippen LogP contribution < -0.4 is 9.84 Å². The molecule has 0 saturated carbocycles. The van der Waals surface area contributed by atoms with Crippen molar-refractivity contribution in [3.05, 3.63) is 30.3 Å². The predicted molar refractivity (Wildman–Crippen MR) is 55.4 cm³/mol. The lowest BCUT2D eigenvalue weighted by molar-refractivity contribution is 0.375. The standard InChI is InChI=1S/C9H11N2O3P/c10-6-7-11-8-15(12,13)14-9-4-2-1-3-5-9/h1-5,11H,7-8H2,(H,12,13). The van der Waals surface area contributed by atoms with Crippen molar-refractivity contribution in [3.63, 3.8) is 0 Å². The zero-order valence-corrected chi connectivity index (χ0v) is 8.85. The third-order valence-corrected chi connectivity index (χ3v) is 2.63. The fourth-order valence-electron chi connectivity index (χ4n) is 0.931. The number of benzene rings is 1. The molecule has 0 spiro atoms. The molecule has 80 valence electrons. The number of hydrogen-bond acceptors (Lipinski definition) is 4. The van der Waals surface area contributed by atoms with Crippen molar-refractivity contribution in [2.75, 3.05) is 12.8 Å². The lowest BCUT2D eigenvalue weighted by atomic mass is 10.3. The van der Waals surface area contributed by atoms with Crippen LogP contribution in [0.1, 0.15) is 0 Å². The minimum absolute atomic E-state index is 0.0166. The summed E-state index contributed by atoms with van der Waals surface area (Å²) in [6.45, 7) is 0.0166. The van der Waals surface area contributed by atoms with Gasteiger partial charge < -0.3 is 9.42 Å². The van der Waals surface area contributed by atoms with Crippen LogP contribution in [0.15, 0.2) is 30.3 Å². The van der Waals surface area contributed by atoms with Crippen molar-refractivity contribution >= 4 is 7.60 Å². The maximum absolute atomic E-state index is 11.4. The van der Waals surface area contributed by atoms with Crippen molar-refractivity contribution in [3.8, 4) is 11.8 Å². The highest BCUT2D eigenvalue weighted by Crippen LogP contribution is 2.40. The van der Waals surface area contributed by atoms with E-state index in [1.54, 1.807) is 36.4 Å². The molecule has 0 aliphatic carbocycles. The van der Waals surface area contributed by atoms with Crippen molar-refractivity contribution in [2.45, 2.75) is 0 Å². The molecule has 5 nitrogen and oxygen atoms in total. The summed E-state index contributed by atoms with van der Waals surface area (Å²) in [5.41, 5.74) is 0. The van der Waals surface area contributed by atoms with Gasteiger partial charge in [0.2, 0.25) is 0 Å². The average molecular weight is 226 g/mol. The molecular formula is C9H11N2O3P. The summed E-state index contributed by atoms with van der Waals surface area (Å²) in [4.78, 5) is 9.36. The second-order valence-corrected chi connectivity index (χ2v) is 4.56. The van der Waals surface area contributed by atoms with E-state index >= 15 is 0 Å². The molecule has 0 heterocycles. The number of nitrogens with one attached hydrogen (secondary N) is 1. The van der Waals surface area contributed by atoms with E-state index in [4.69, 9.17) is 9.79 Å². The largest absolute Gasteiger partial charge is 0.424 e. The highest BCUT2D eigenvalue weighted by molar-refractivity contribution is 7.53. The van der Waals surface area contributed by atoms with Gasteiger partial charge >= 0.3 is 7.60 Å². The summed E-state index contributed by atoms with van der Waals surface area (Å²) in [7, 11) is -3.71. The van der Waals surface area contributed by atoms with E-state index in [2.05, 4.69) is 5.32 Å². The Morgan fingerprint density at radius 3 is 2.73 bits per heavy atom. The van der Waals surface area contributed by atoms with Crippen molar-refractivity contribution in [1.29, 1.82) is 5.26 Å². The first-order valence-electron chi connectivity index (χ1n) is 4.28. The van der Waals surface area contributed by atoms with Crippen LogP contribution in [-0.2, 0) is 4.57 Å². The quantitative estimate of drug-likeness (QED) is 0.449. The second kappa shape index (κ2) is 5.52. The molecule has 0 bridgehead atoms. The van der Waals surface area contributed by atoms with Gasteiger partial charge in [-0.25, -0.2) is 4.57 Å². The van der Waals surface area contributed by atoms with Crippen LogP contribution in [0.25, 0.3) is 0 Å². The fourth-order valence-corrected chi connectivity index (χ4v) is 1.84. The summed E-state index contributed by atoms with van der Waals surface area (Å²) >= 11 is 0. The van der Waals surface area contributed by atoms with E-state index in [1.165, 1.54) is 0 Å². The second-order valence-electron chi connectivity index (χ2n) is 2.78. The van der Waals surface area contributed by atoms with Gasteiger partial charge in [-0.2, -0.15) is 5.26 Å². The molecule has 6 heteroatoms. The van der Waals surface area contributed by atoms with Crippen LogP contribution in [0.4, 0.5) is 0 Å². The molecule has 2 N–H and O–H groups in total. The van der Waals surface area contributed by atoms with Crippen LogP contribution in [0.3, 0.4) is 0 Å². The minimum Gasteiger partial charge on any atom is -0.424 e. The van der Waals surface area contributed by atoms with E-state index in [9.17, 15) is 9.46 Å². The van der Waals surface area contributed by atoms with Crippen molar-refractivity contribution < 1.29 is 14.0 Å². The third kappa shape index (κ3) is 4.61. The minimum atomic E-state index is -3.71. The lowest BCUT2D eigenvalue weighted by Gasteiger charge is -2.12. The molecule has 0 aromatic heterocycles. The van der Waals surface area contributed by atoms with Gasteiger partial charge in [0.05, 0.1) is 12.6 Å². The number of nitrogens with zero attached hydrogens (tertiary/aromatic N) is 1. The van der Waals surface area contributed by atoms with E-state index in [-0.39, 0.29) is 12.8 Å². The first-order chi connectivity index (χ1) is 7.14. The highest BCUT2D eigenvalue weighted by Gasteiger charge is 2.19. The van der Waals surface area contributed by atoms with E-state index < -0.39 is 7.60 Å². The summed E-state index contributed by atoms with van der Waals surface area (Å²) in [6.07, 6.45) is -0.241. The smallest absolute Gasteiger partial charge is 0.390 e. The third-order valence-electron chi connectivity index (χ3n) is 1.51. The van der Waals surface area contributed by atoms with Gasteiger partial charge in [0.15, 0.2) is 0 Å². The summed E-state index contributed by atoms with van der Waals surface area (Å²) in [5.74, 6) is 0.335. The molecule has 0 aliphatic rings. The summed E-state index contributed by atoms with van der Waals surface area (Å²) in [6, 6.07) is 10.2.